The second-order valence-corrected chi connectivity index (χ2v) is 11.8. The molecule has 3 nitrogen and oxygen atoms in total. The number of nitrogens with zero attached hydrogens (tertiary/aromatic N) is 1. The Morgan fingerprint density at radius 2 is 1.24 bits per heavy atom. The fraction of sp³-hybridized carbons (Fsp3) is 0.0714. The molecular formula is C42H33N3. The van der Waals surface area contributed by atoms with Crippen LogP contribution in [0.1, 0.15) is 35.1 Å². The van der Waals surface area contributed by atoms with Gasteiger partial charge in [0.15, 0.2) is 0 Å². The van der Waals surface area contributed by atoms with Gasteiger partial charge in [-0.05, 0) is 71.7 Å². The SMILES string of the molecule is N=C(/C(=C1\NC(C2CC2)=Cc2ccccc21)c1ccccc1)c1ccc(N(c2ccccc2)c2cccc3ccccc23)cc1. The number of nitrogens with one attached hydrogen (secondary N) is 2. The number of hydrogen-bond donors (Lipinski definition) is 2. The number of anilines is 3. The highest BCUT2D eigenvalue weighted by Gasteiger charge is 2.31. The van der Waals surface area contributed by atoms with E-state index in [1.54, 1.807) is 0 Å². The lowest BCUT2D eigenvalue weighted by Crippen LogP contribution is -2.22. The molecule has 8 rings (SSSR count). The van der Waals surface area contributed by atoms with E-state index in [-0.39, 0.29) is 0 Å². The molecule has 0 unspecified atom stereocenters. The molecule has 0 saturated heterocycles. The summed E-state index contributed by atoms with van der Waals surface area (Å²) in [5.41, 5.74) is 11.2. The van der Waals surface area contributed by atoms with Crippen molar-refractivity contribution < 1.29 is 0 Å². The summed E-state index contributed by atoms with van der Waals surface area (Å²) < 4.78 is 0. The molecule has 1 fully saturated rings. The summed E-state index contributed by atoms with van der Waals surface area (Å²) in [5, 5.41) is 15.9. The first-order valence-electron chi connectivity index (χ1n) is 15.6. The maximum Gasteiger partial charge on any atom is 0.0711 e. The molecule has 0 radical (unpaired) electrons. The molecule has 1 aliphatic carbocycles. The van der Waals surface area contributed by atoms with Gasteiger partial charge in [-0.3, -0.25) is 5.41 Å². The van der Waals surface area contributed by atoms with Crippen molar-refractivity contribution in [2.45, 2.75) is 12.8 Å². The fourth-order valence-electron chi connectivity index (χ4n) is 6.42. The summed E-state index contributed by atoms with van der Waals surface area (Å²) >= 11 is 0. The number of para-hydroxylation sites is 1. The Kier molecular flexibility index (Phi) is 6.84. The quantitative estimate of drug-likeness (QED) is 0.185. The van der Waals surface area contributed by atoms with E-state index in [0.717, 1.165) is 45.0 Å². The van der Waals surface area contributed by atoms with Gasteiger partial charge in [0.1, 0.15) is 0 Å². The van der Waals surface area contributed by atoms with Gasteiger partial charge in [-0.2, -0.15) is 0 Å². The van der Waals surface area contributed by atoms with Gasteiger partial charge in [-0.25, -0.2) is 0 Å². The molecule has 2 aliphatic rings. The first-order chi connectivity index (χ1) is 22.2. The first kappa shape index (κ1) is 26.9. The van der Waals surface area contributed by atoms with Gasteiger partial charge in [0.25, 0.3) is 0 Å². The zero-order chi connectivity index (χ0) is 30.2. The molecule has 1 aliphatic heterocycles. The number of allylic oxidation sites excluding steroid dienone is 2. The lowest BCUT2D eigenvalue weighted by molar-refractivity contribution is 0.898. The molecule has 216 valence electrons. The molecule has 45 heavy (non-hydrogen) atoms. The summed E-state index contributed by atoms with van der Waals surface area (Å²) in [6.07, 6.45) is 4.72. The van der Waals surface area contributed by atoms with E-state index >= 15 is 0 Å². The van der Waals surface area contributed by atoms with E-state index < -0.39 is 0 Å². The number of benzene rings is 6. The van der Waals surface area contributed by atoms with Crippen molar-refractivity contribution >= 4 is 50.9 Å². The largest absolute Gasteiger partial charge is 0.358 e. The summed E-state index contributed by atoms with van der Waals surface area (Å²) in [6, 6.07) is 52.9. The highest BCUT2D eigenvalue weighted by molar-refractivity contribution is 6.36. The van der Waals surface area contributed by atoms with Crippen molar-refractivity contribution in [3.8, 4) is 0 Å². The van der Waals surface area contributed by atoms with Crippen molar-refractivity contribution in [3.05, 3.63) is 180 Å². The second-order valence-electron chi connectivity index (χ2n) is 11.8. The molecule has 3 heteroatoms. The van der Waals surface area contributed by atoms with Crippen LogP contribution in [-0.4, -0.2) is 5.71 Å². The van der Waals surface area contributed by atoms with Crippen molar-refractivity contribution in [1.29, 1.82) is 5.41 Å². The third-order valence-corrected chi connectivity index (χ3v) is 8.83. The number of hydrogen-bond acceptors (Lipinski definition) is 3. The third-order valence-electron chi connectivity index (χ3n) is 8.83. The molecule has 2 N–H and O–H groups in total. The Labute approximate surface area is 264 Å². The van der Waals surface area contributed by atoms with Crippen LogP contribution >= 0.6 is 0 Å². The number of rotatable bonds is 7. The Balaban J connectivity index is 1.24. The minimum atomic E-state index is 0.499. The molecule has 1 heterocycles. The minimum Gasteiger partial charge on any atom is -0.358 e. The fourth-order valence-corrected chi connectivity index (χ4v) is 6.42. The summed E-state index contributed by atoms with van der Waals surface area (Å²) in [7, 11) is 0. The van der Waals surface area contributed by atoms with Gasteiger partial charge in [-0.15, -0.1) is 0 Å². The van der Waals surface area contributed by atoms with Crippen LogP contribution in [0.2, 0.25) is 0 Å². The second kappa shape index (κ2) is 11.4. The van der Waals surface area contributed by atoms with Gasteiger partial charge < -0.3 is 10.2 Å². The van der Waals surface area contributed by atoms with E-state index in [1.165, 1.54) is 34.9 Å². The zero-order valence-electron chi connectivity index (χ0n) is 24.9. The van der Waals surface area contributed by atoms with E-state index in [0.29, 0.717) is 11.6 Å². The normalized spacial score (nSPS) is 15.1. The Bertz CT molecular complexity index is 2080. The molecule has 0 atom stereocenters. The van der Waals surface area contributed by atoms with E-state index in [9.17, 15) is 5.41 Å². The van der Waals surface area contributed by atoms with Crippen LogP contribution in [0, 0.1) is 11.3 Å². The maximum atomic E-state index is 9.67. The monoisotopic (exact) mass is 579 g/mol. The van der Waals surface area contributed by atoms with Crippen LogP contribution in [0.25, 0.3) is 28.1 Å². The van der Waals surface area contributed by atoms with Gasteiger partial charge in [-0.1, -0.05) is 121 Å². The van der Waals surface area contributed by atoms with Crippen molar-refractivity contribution in [1.82, 2.24) is 5.32 Å². The Morgan fingerprint density at radius 1 is 0.600 bits per heavy atom. The van der Waals surface area contributed by atoms with E-state index in [4.69, 9.17) is 0 Å². The standard InChI is InChI=1S/C42H33N3/c43-41(40(31-13-3-1-4-14-31)42-37-20-10-8-15-33(37)28-38(44-42)30-22-23-30)32-24-26-35(27-25-32)45(34-17-5-2-6-18-34)39-21-11-16-29-12-7-9-19-36(29)39/h1-21,24-28,30,43-44H,22-23H2/b42-40-,43-41?. The highest BCUT2D eigenvalue weighted by atomic mass is 15.1. The average Bonchev–Trinajstić information content (AvgIpc) is 3.96. The van der Waals surface area contributed by atoms with E-state index in [1.807, 2.05) is 6.07 Å². The molecular weight excluding hydrogens is 546 g/mol. The van der Waals surface area contributed by atoms with Gasteiger partial charge in [0.05, 0.1) is 17.1 Å². The summed E-state index contributed by atoms with van der Waals surface area (Å²) in [4.78, 5) is 2.30. The topological polar surface area (TPSA) is 39.1 Å². The van der Waals surface area contributed by atoms with Crippen molar-refractivity contribution in [3.63, 3.8) is 0 Å². The van der Waals surface area contributed by atoms with Crippen LogP contribution in [0.15, 0.2) is 157 Å². The lowest BCUT2D eigenvalue weighted by atomic mass is 9.88. The van der Waals surface area contributed by atoms with Gasteiger partial charge >= 0.3 is 0 Å². The predicted octanol–water partition coefficient (Wildman–Crippen LogP) is 10.6. The highest BCUT2D eigenvalue weighted by Crippen LogP contribution is 2.43. The van der Waals surface area contributed by atoms with Crippen LogP contribution in [0.3, 0.4) is 0 Å². The van der Waals surface area contributed by atoms with Crippen molar-refractivity contribution in [2.75, 3.05) is 4.90 Å². The van der Waals surface area contributed by atoms with Crippen LogP contribution < -0.4 is 10.2 Å². The van der Waals surface area contributed by atoms with Gasteiger partial charge in [0, 0.05) is 39.2 Å². The average molecular weight is 580 g/mol. The van der Waals surface area contributed by atoms with Gasteiger partial charge in [0.2, 0.25) is 0 Å². The molecule has 0 bridgehead atoms. The maximum absolute atomic E-state index is 9.67. The number of fused-ring (bicyclic) bond motifs is 2. The summed E-state index contributed by atoms with van der Waals surface area (Å²) in [5.74, 6) is 0.567. The molecule has 6 aromatic carbocycles. The minimum absolute atomic E-state index is 0.499. The lowest BCUT2D eigenvalue weighted by Gasteiger charge is -2.27. The van der Waals surface area contributed by atoms with Crippen LogP contribution in [-0.2, 0) is 0 Å². The predicted molar refractivity (Wildman–Crippen MR) is 189 cm³/mol. The zero-order valence-corrected chi connectivity index (χ0v) is 24.9. The van der Waals surface area contributed by atoms with Crippen LogP contribution in [0.4, 0.5) is 17.1 Å². The van der Waals surface area contributed by atoms with Crippen LogP contribution in [0.5, 0.6) is 0 Å². The molecule has 0 amide bonds. The first-order valence-corrected chi connectivity index (χ1v) is 15.6. The molecule has 0 spiro atoms. The smallest absolute Gasteiger partial charge is 0.0711 e. The van der Waals surface area contributed by atoms with E-state index in [2.05, 4.69) is 162 Å². The molecule has 6 aromatic rings. The Morgan fingerprint density at radius 3 is 2.02 bits per heavy atom. The van der Waals surface area contributed by atoms with Crippen molar-refractivity contribution in [2.24, 2.45) is 5.92 Å². The molecule has 1 saturated carbocycles. The molecule has 0 aromatic heterocycles. The Hall–Kier alpha value is -5.67. The summed E-state index contributed by atoms with van der Waals surface area (Å²) in [6.45, 7) is 0. The third kappa shape index (κ3) is 5.13.